The van der Waals surface area contributed by atoms with E-state index in [-0.39, 0.29) is 5.43 Å². The third-order valence-corrected chi connectivity index (χ3v) is 4.66. The number of hydrogen-bond acceptors (Lipinski definition) is 4. The molecule has 0 saturated carbocycles. The molecule has 2 aromatic heterocycles. The van der Waals surface area contributed by atoms with E-state index in [1.54, 1.807) is 30.1 Å². The highest BCUT2D eigenvalue weighted by molar-refractivity contribution is 7.99. The number of rotatable bonds is 2. The molecule has 1 aliphatic heterocycles. The van der Waals surface area contributed by atoms with Crippen molar-refractivity contribution in [1.29, 1.82) is 0 Å². The molecule has 5 heteroatoms. The molecule has 108 valence electrons. The first-order chi connectivity index (χ1) is 10.8. The lowest BCUT2D eigenvalue weighted by atomic mass is 10.2. The molecule has 0 spiro atoms. The maximum absolute atomic E-state index is 11.2. The number of anilines is 2. The Kier molecular flexibility index (Phi) is 3.20. The van der Waals surface area contributed by atoms with Gasteiger partial charge in [-0.05, 0) is 23.8 Å². The molecule has 1 aliphatic rings. The lowest BCUT2D eigenvalue weighted by molar-refractivity contribution is 0.788. The number of nitrogens with one attached hydrogen (secondary N) is 1. The lowest BCUT2D eigenvalue weighted by Crippen LogP contribution is -2.06. The number of hydrogen-bond donors (Lipinski definition) is 1. The van der Waals surface area contributed by atoms with Gasteiger partial charge >= 0.3 is 0 Å². The summed E-state index contributed by atoms with van der Waals surface area (Å²) in [4.78, 5) is 17.7. The summed E-state index contributed by atoms with van der Waals surface area (Å²) in [5.74, 6) is 0. The SMILES string of the molecule is O=c1ccn(Cc2ccc3c(c2)Nc2ccncc2S3)cc1. The van der Waals surface area contributed by atoms with Crippen LogP contribution in [0.4, 0.5) is 11.4 Å². The average molecular weight is 307 g/mol. The fraction of sp³-hybridized carbons (Fsp3) is 0.0588. The Labute approximate surface area is 131 Å². The van der Waals surface area contributed by atoms with Crippen molar-refractivity contribution in [3.8, 4) is 0 Å². The van der Waals surface area contributed by atoms with Gasteiger partial charge in [0.1, 0.15) is 0 Å². The van der Waals surface area contributed by atoms with Gasteiger partial charge in [0, 0.05) is 48.4 Å². The zero-order valence-electron chi connectivity index (χ0n) is 11.7. The molecule has 0 aliphatic carbocycles. The van der Waals surface area contributed by atoms with Crippen LogP contribution >= 0.6 is 11.8 Å². The van der Waals surface area contributed by atoms with Crippen LogP contribution in [0.5, 0.6) is 0 Å². The van der Waals surface area contributed by atoms with Crippen molar-refractivity contribution in [1.82, 2.24) is 9.55 Å². The van der Waals surface area contributed by atoms with Gasteiger partial charge in [0.05, 0.1) is 16.3 Å². The van der Waals surface area contributed by atoms with E-state index >= 15 is 0 Å². The zero-order chi connectivity index (χ0) is 14.9. The Morgan fingerprint density at radius 1 is 1.05 bits per heavy atom. The molecular formula is C17H13N3OS. The van der Waals surface area contributed by atoms with E-state index < -0.39 is 0 Å². The van der Waals surface area contributed by atoms with Gasteiger partial charge in [0.25, 0.3) is 0 Å². The molecular weight excluding hydrogens is 294 g/mol. The topological polar surface area (TPSA) is 46.9 Å². The predicted molar refractivity (Wildman–Crippen MR) is 87.9 cm³/mol. The van der Waals surface area contributed by atoms with Crippen LogP contribution in [-0.4, -0.2) is 9.55 Å². The molecule has 1 N–H and O–H groups in total. The highest BCUT2D eigenvalue weighted by Gasteiger charge is 2.15. The Bertz CT molecular complexity index is 884. The van der Waals surface area contributed by atoms with Crippen molar-refractivity contribution in [2.75, 3.05) is 5.32 Å². The van der Waals surface area contributed by atoms with Crippen LogP contribution in [0.25, 0.3) is 0 Å². The van der Waals surface area contributed by atoms with Crippen LogP contribution in [0, 0.1) is 0 Å². The van der Waals surface area contributed by atoms with Gasteiger partial charge in [-0.15, -0.1) is 0 Å². The third kappa shape index (κ3) is 2.51. The Morgan fingerprint density at radius 3 is 2.77 bits per heavy atom. The molecule has 22 heavy (non-hydrogen) atoms. The van der Waals surface area contributed by atoms with Crippen molar-refractivity contribution in [2.45, 2.75) is 16.3 Å². The highest BCUT2D eigenvalue weighted by Crippen LogP contribution is 2.43. The van der Waals surface area contributed by atoms with Crippen molar-refractivity contribution in [3.63, 3.8) is 0 Å². The molecule has 0 saturated heterocycles. The minimum absolute atomic E-state index is 0.0324. The van der Waals surface area contributed by atoms with E-state index in [0.29, 0.717) is 0 Å². The maximum Gasteiger partial charge on any atom is 0.181 e. The molecule has 3 aromatic rings. The standard InChI is InChI=1S/C17H13N3OS/c21-13-4-7-20(8-5-13)11-12-1-2-16-15(9-12)19-14-3-6-18-10-17(14)22-16/h1-10,19H,11H2. The van der Waals surface area contributed by atoms with Crippen LogP contribution < -0.4 is 10.7 Å². The first-order valence-electron chi connectivity index (χ1n) is 6.96. The van der Waals surface area contributed by atoms with Gasteiger partial charge in [0.2, 0.25) is 0 Å². The second-order valence-corrected chi connectivity index (χ2v) is 6.22. The summed E-state index contributed by atoms with van der Waals surface area (Å²) in [6, 6.07) is 11.5. The van der Waals surface area contributed by atoms with Crippen molar-refractivity contribution < 1.29 is 0 Å². The average Bonchev–Trinajstić information content (AvgIpc) is 2.55. The van der Waals surface area contributed by atoms with Crippen LogP contribution in [-0.2, 0) is 6.54 Å². The van der Waals surface area contributed by atoms with E-state index in [0.717, 1.165) is 22.8 Å². The molecule has 0 bridgehead atoms. The number of aromatic nitrogens is 2. The van der Waals surface area contributed by atoms with Gasteiger partial charge < -0.3 is 9.88 Å². The Morgan fingerprint density at radius 2 is 1.91 bits per heavy atom. The summed E-state index contributed by atoms with van der Waals surface area (Å²) >= 11 is 1.73. The number of pyridine rings is 2. The summed E-state index contributed by atoms with van der Waals surface area (Å²) in [5.41, 5.74) is 3.42. The molecule has 0 atom stereocenters. The third-order valence-electron chi connectivity index (χ3n) is 3.54. The summed E-state index contributed by atoms with van der Waals surface area (Å²) < 4.78 is 2.00. The molecule has 0 amide bonds. The number of benzene rings is 1. The van der Waals surface area contributed by atoms with Crippen LogP contribution in [0.2, 0.25) is 0 Å². The summed E-state index contributed by atoms with van der Waals surface area (Å²) in [6.45, 7) is 0.739. The molecule has 1 aromatic carbocycles. The fourth-order valence-electron chi connectivity index (χ4n) is 2.45. The fourth-order valence-corrected chi connectivity index (χ4v) is 3.39. The molecule has 0 unspecified atom stereocenters. The second-order valence-electron chi connectivity index (χ2n) is 5.14. The van der Waals surface area contributed by atoms with E-state index in [2.05, 4.69) is 28.5 Å². The van der Waals surface area contributed by atoms with E-state index in [4.69, 9.17) is 0 Å². The van der Waals surface area contributed by atoms with Crippen molar-refractivity contribution >= 4 is 23.1 Å². The summed E-state index contributed by atoms with van der Waals surface area (Å²) in [7, 11) is 0. The number of fused-ring (bicyclic) bond motifs is 2. The normalized spacial score (nSPS) is 12.2. The molecule has 4 nitrogen and oxygen atoms in total. The van der Waals surface area contributed by atoms with Crippen molar-refractivity contribution in [2.24, 2.45) is 0 Å². The highest BCUT2D eigenvalue weighted by atomic mass is 32.2. The van der Waals surface area contributed by atoms with Crippen LogP contribution in [0.15, 0.2) is 75.8 Å². The van der Waals surface area contributed by atoms with Gasteiger partial charge in [-0.2, -0.15) is 0 Å². The number of nitrogens with zero attached hydrogens (tertiary/aromatic N) is 2. The monoisotopic (exact) mass is 307 g/mol. The summed E-state index contributed by atoms with van der Waals surface area (Å²) in [5, 5.41) is 3.46. The van der Waals surface area contributed by atoms with E-state index in [1.165, 1.54) is 10.5 Å². The smallest absolute Gasteiger partial charge is 0.181 e. The quantitative estimate of drug-likeness (QED) is 0.616. The van der Waals surface area contributed by atoms with Crippen LogP contribution in [0.1, 0.15) is 5.56 Å². The second kappa shape index (κ2) is 5.35. The molecule has 0 radical (unpaired) electrons. The Balaban J connectivity index is 1.63. The zero-order valence-corrected chi connectivity index (χ0v) is 12.5. The summed E-state index contributed by atoms with van der Waals surface area (Å²) in [6.07, 6.45) is 7.29. The largest absolute Gasteiger partial charge is 0.354 e. The van der Waals surface area contributed by atoms with E-state index in [1.807, 2.05) is 29.2 Å². The lowest BCUT2D eigenvalue weighted by Gasteiger charge is -2.21. The molecule has 0 fully saturated rings. The Hall–Kier alpha value is -2.53. The minimum Gasteiger partial charge on any atom is -0.354 e. The van der Waals surface area contributed by atoms with Crippen LogP contribution in [0.3, 0.4) is 0 Å². The van der Waals surface area contributed by atoms with Gasteiger partial charge in [-0.1, -0.05) is 17.8 Å². The van der Waals surface area contributed by atoms with Crippen molar-refractivity contribution in [3.05, 3.63) is 77.0 Å². The minimum atomic E-state index is 0.0324. The van der Waals surface area contributed by atoms with E-state index in [9.17, 15) is 4.79 Å². The van der Waals surface area contributed by atoms with Gasteiger partial charge in [-0.25, -0.2) is 0 Å². The molecule has 4 rings (SSSR count). The first-order valence-corrected chi connectivity index (χ1v) is 7.77. The molecule has 3 heterocycles. The van der Waals surface area contributed by atoms with Gasteiger partial charge in [-0.3, -0.25) is 9.78 Å². The first kappa shape index (κ1) is 13.2. The van der Waals surface area contributed by atoms with Gasteiger partial charge in [0.15, 0.2) is 5.43 Å². The maximum atomic E-state index is 11.2. The predicted octanol–water partition coefficient (Wildman–Crippen LogP) is 3.50.